The Morgan fingerprint density at radius 1 is 1.27 bits per heavy atom. The number of carbonyl (C=O) groups is 1. The molecule has 4 heteroatoms. The molecule has 0 saturated carbocycles. The first-order valence-electron chi connectivity index (χ1n) is 8.06. The van der Waals surface area contributed by atoms with E-state index in [1.165, 1.54) is 0 Å². The molecule has 0 radical (unpaired) electrons. The zero-order valence-corrected chi connectivity index (χ0v) is 14.3. The number of rotatable bonds is 9. The van der Waals surface area contributed by atoms with Crippen molar-refractivity contribution in [3.63, 3.8) is 0 Å². The minimum absolute atomic E-state index is 0.0465. The smallest absolute Gasteiger partial charge is 0.223 e. The summed E-state index contributed by atoms with van der Waals surface area (Å²) in [6.07, 6.45) is 1.56. The van der Waals surface area contributed by atoms with Crippen LogP contribution >= 0.6 is 0 Å². The molecule has 0 aliphatic carbocycles. The number of ether oxygens (including phenoxy) is 1. The van der Waals surface area contributed by atoms with Crippen molar-refractivity contribution in [3.05, 3.63) is 30.3 Å². The van der Waals surface area contributed by atoms with E-state index in [1.807, 2.05) is 44.2 Å². The van der Waals surface area contributed by atoms with E-state index in [9.17, 15) is 4.79 Å². The van der Waals surface area contributed by atoms with Gasteiger partial charge < -0.3 is 15.8 Å². The molecule has 0 spiro atoms. The summed E-state index contributed by atoms with van der Waals surface area (Å²) in [4.78, 5) is 12.3. The van der Waals surface area contributed by atoms with Gasteiger partial charge in [-0.25, -0.2) is 0 Å². The van der Waals surface area contributed by atoms with Crippen molar-refractivity contribution < 1.29 is 9.53 Å². The maximum atomic E-state index is 12.3. The number of hydrogen-bond donors (Lipinski definition) is 2. The fraction of sp³-hybridized carbons (Fsp3) is 0.611. The molecule has 1 aromatic rings. The third kappa shape index (κ3) is 6.48. The van der Waals surface area contributed by atoms with Gasteiger partial charge in [-0.3, -0.25) is 4.79 Å². The Hall–Kier alpha value is -1.55. The predicted octanol–water partition coefficient (Wildman–Crippen LogP) is 2.97. The van der Waals surface area contributed by atoms with Crippen LogP contribution in [0.25, 0.3) is 0 Å². The molecule has 1 rings (SSSR count). The molecule has 0 aliphatic heterocycles. The van der Waals surface area contributed by atoms with Crippen LogP contribution in [0.3, 0.4) is 0 Å². The van der Waals surface area contributed by atoms with Crippen molar-refractivity contribution in [2.24, 2.45) is 17.6 Å². The lowest BCUT2D eigenvalue weighted by Gasteiger charge is -2.32. The molecule has 1 aromatic carbocycles. The quantitative estimate of drug-likeness (QED) is 0.737. The van der Waals surface area contributed by atoms with Crippen molar-refractivity contribution in [2.45, 2.75) is 46.1 Å². The summed E-state index contributed by atoms with van der Waals surface area (Å²) in [5.74, 6) is 1.28. The lowest BCUT2D eigenvalue weighted by atomic mass is 9.90. The van der Waals surface area contributed by atoms with E-state index < -0.39 is 0 Å². The Morgan fingerprint density at radius 2 is 1.91 bits per heavy atom. The summed E-state index contributed by atoms with van der Waals surface area (Å²) in [6.45, 7) is 9.19. The molecule has 0 fully saturated rings. The first-order chi connectivity index (χ1) is 10.4. The zero-order valence-electron chi connectivity index (χ0n) is 14.3. The molecular formula is C18H30N2O2. The second kappa shape index (κ2) is 8.79. The number of nitrogens with one attached hydrogen (secondary N) is 1. The Bertz CT molecular complexity index is 448. The van der Waals surface area contributed by atoms with Gasteiger partial charge in [0.1, 0.15) is 5.75 Å². The highest BCUT2D eigenvalue weighted by atomic mass is 16.5. The minimum Gasteiger partial charge on any atom is -0.494 e. The number of hydrogen-bond acceptors (Lipinski definition) is 3. The van der Waals surface area contributed by atoms with Crippen LogP contribution in [0.2, 0.25) is 0 Å². The van der Waals surface area contributed by atoms with Crippen LogP contribution in [0.5, 0.6) is 5.75 Å². The molecule has 124 valence electrons. The largest absolute Gasteiger partial charge is 0.494 e. The van der Waals surface area contributed by atoms with Gasteiger partial charge in [0, 0.05) is 18.0 Å². The molecule has 22 heavy (non-hydrogen) atoms. The van der Waals surface area contributed by atoms with E-state index in [0.29, 0.717) is 25.5 Å². The molecule has 0 bridgehead atoms. The van der Waals surface area contributed by atoms with Gasteiger partial charge in [-0.2, -0.15) is 0 Å². The molecule has 0 saturated heterocycles. The van der Waals surface area contributed by atoms with Crippen molar-refractivity contribution in [2.75, 3.05) is 13.2 Å². The SMILES string of the molecule is CC(C)CC(C)(CN)NC(=O)C(C)CCOc1ccccc1. The number of nitrogens with two attached hydrogens (primary N) is 1. The topological polar surface area (TPSA) is 64.3 Å². The van der Waals surface area contributed by atoms with Gasteiger partial charge in [-0.05, 0) is 37.8 Å². The molecule has 1 amide bonds. The van der Waals surface area contributed by atoms with Crippen molar-refractivity contribution >= 4 is 5.91 Å². The number of benzene rings is 1. The van der Waals surface area contributed by atoms with Crippen molar-refractivity contribution in [1.29, 1.82) is 0 Å². The lowest BCUT2D eigenvalue weighted by Crippen LogP contribution is -2.53. The number of carbonyl (C=O) groups excluding carboxylic acids is 1. The maximum Gasteiger partial charge on any atom is 0.223 e. The minimum atomic E-state index is -0.334. The monoisotopic (exact) mass is 306 g/mol. The molecular weight excluding hydrogens is 276 g/mol. The Balaban J connectivity index is 2.40. The van der Waals surface area contributed by atoms with E-state index >= 15 is 0 Å². The normalized spacial score (nSPS) is 15.2. The molecule has 4 nitrogen and oxygen atoms in total. The lowest BCUT2D eigenvalue weighted by molar-refractivity contribution is -0.126. The summed E-state index contributed by atoms with van der Waals surface area (Å²) in [5.41, 5.74) is 5.51. The molecule has 2 unspecified atom stereocenters. The Morgan fingerprint density at radius 3 is 2.45 bits per heavy atom. The summed E-state index contributed by atoms with van der Waals surface area (Å²) < 4.78 is 5.64. The van der Waals surface area contributed by atoms with Gasteiger partial charge in [0.15, 0.2) is 0 Å². The zero-order chi connectivity index (χ0) is 16.6. The molecule has 0 heterocycles. The van der Waals surface area contributed by atoms with Gasteiger partial charge in [-0.1, -0.05) is 39.0 Å². The number of amides is 1. The van der Waals surface area contributed by atoms with Crippen LogP contribution < -0.4 is 15.8 Å². The van der Waals surface area contributed by atoms with Crippen molar-refractivity contribution in [3.8, 4) is 5.75 Å². The van der Waals surface area contributed by atoms with Crippen LogP contribution in [-0.4, -0.2) is 24.6 Å². The third-order valence-corrected chi connectivity index (χ3v) is 3.74. The molecule has 0 aromatic heterocycles. The van der Waals surface area contributed by atoms with Crippen LogP contribution in [0, 0.1) is 11.8 Å². The highest BCUT2D eigenvalue weighted by molar-refractivity contribution is 5.79. The summed E-state index contributed by atoms with van der Waals surface area (Å²) in [6, 6.07) is 9.65. The maximum absolute atomic E-state index is 12.3. The fourth-order valence-corrected chi connectivity index (χ4v) is 2.51. The second-order valence-electron chi connectivity index (χ2n) is 6.70. The van der Waals surface area contributed by atoms with Crippen LogP contribution in [-0.2, 0) is 4.79 Å². The molecule has 3 N–H and O–H groups in total. The third-order valence-electron chi connectivity index (χ3n) is 3.74. The first-order valence-corrected chi connectivity index (χ1v) is 8.06. The van der Waals surface area contributed by atoms with E-state index in [4.69, 9.17) is 10.5 Å². The summed E-state index contributed by atoms with van der Waals surface area (Å²) in [7, 11) is 0. The van der Waals surface area contributed by atoms with Crippen LogP contribution in [0.1, 0.15) is 40.5 Å². The predicted molar refractivity (Wildman–Crippen MR) is 90.8 cm³/mol. The fourth-order valence-electron chi connectivity index (χ4n) is 2.51. The number of para-hydroxylation sites is 1. The Kier molecular flexibility index (Phi) is 7.39. The average Bonchev–Trinajstić information content (AvgIpc) is 2.47. The first kappa shape index (κ1) is 18.5. The van der Waals surface area contributed by atoms with Crippen LogP contribution in [0.15, 0.2) is 30.3 Å². The van der Waals surface area contributed by atoms with E-state index in [1.54, 1.807) is 0 Å². The van der Waals surface area contributed by atoms with Gasteiger partial charge in [0.2, 0.25) is 5.91 Å². The average molecular weight is 306 g/mol. The van der Waals surface area contributed by atoms with E-state index in [-0.39, 0.29) is 17.4 Å². The molecule has 0 aliphatic rings. The Labute approximate surface area is 134 Å². The molecule has 2 atom stereocenters. The van der Waals surface area contributed by atoms with Gasteiger partial charge in [0.25, 0.3) is 0 Å². The highest BCUT2D eigenvalue weighted by Gasteiger charge is 2.27. The summed E-state index contributed by atoms with van der Waals surface area (Å²) in [5, 5.41) is 3.10. The van der Waals surface area contributed by atoms with Gasteiger partial charge >= 0.3 is 0 Å². The van der Waals surface area contributed by atoms with Crippen molar-refractivity contribution in [1.82, 2.24) is 5.32 Å². The second-order valence-corrected chi connectivity index (χ2v) is 6.70. The summed E-state index contributed by atoms with van der Waals surface area (Å²) >= 11 is 0. The highest BCUT2D eigenvalue weighted by Crippen LogP contribution is 2.17. The standard InChI is InChI=1S/C18H30N2O2/c1-14(2)12-18(4,13-19)20-17(21)15(3)10-11-22-16-8-6-5-7-9-16/h5-9,14-15H,10-13,19H2,1-4H3,(H,20,21). The van der Waals surface area contributed by atoms with Crippen LogP contribution in [0.4, 0.5) is 0 Å². The van der Waals surface area contributed by atoms with E-state index in [0.717, 1.165) is 12.2 Å². The van der Waals surface area contributed by atoms with E-state index in [2.05, 4.69) is 19.2 Å². The van der Waals surface area contributed by atoms with Gasteiger partial charge in [-0.15, -0.1) is 0 Å². The van der Waals surface area contributed by atoms with Gasteiger partial charge in [0.05, 0.1) is 6.61 Å².